The zero-order valence-electron chi connectivity index (χ0n) is 13.0. The van der Waals surface area contributed by atoms with Gasteiger partial charge in [-0.2, -0.15) is 0 Å². The SMILES string of the molecule is C[C@H](NC(=O)[C@H]1CCCN(C(=O)c2cccs2)C1)c1cccs1. The fraction of sp³-hybridized carbons (Fsp3) is 0.412. The highest BCUT2D eigenvalue weighted by molar-refractivity contribution is 7.12. The van der Waals surface area contributed by atoms with Crippen LogP contribution in [0.5, 0.6) is 0 Å². The number of hydrogen-bond acceptors (Lipinski definition) is 4. The highest BCUT2D eigenvalue weighted by Gasteiger charge is 2.29. The lowest BCUT2D eigenvalue weighted by molar-refractivity contribution is -0.126. The molecule has 6 heteroatoms. The van der Waals surface area contributed by atoms with Crippen LogP contribution >= 0.6 is 22.7 Å². The Bertz CT molecular complexity index is 652. The van der Waals surface area contributed by atoms with Crippen LogP contribution in [0.2, 0.25) is 0 Å². The number of piperidine rings is 1. The van der Waals surface area contributed by atoms with Gasteiger partial charge in [-0.1, -0.05) is 12.1 Å². The molecule has 0 unspecified atom stereocenters. The molecule has 4 nitrogen and oxygen atoms in total. The largest absolute Gasteiger partial charge is 0.348 e. The van der Waals surface area contributed by atoms with Crippen LogP contribution in [0.4, 0.5) is 0 Å². The number of carbonyl (C=O) groups is 2. The highest BCUT2D eigenvalue weighted by atomic mass is 32.1. The average Bonchev–Trinajstić information content (AvgIpc) is 3.27. The van der Waals surface area contributed by atoms with Crippen LogP contribution < -0.4 is 5.32 Å². The number of hydrogen-bond donors (Lipinski definition) is 1. The molecule has 2 amide bonds. The van der Waals surface area contributed by atoms with Gasteiger partial charge in [-0.15, -0.1) is 22.7 Å². The molecule has 2 atom stereocenters. The van der Waals surface area contributed by atoms with Crippen molar-refractivity contribution in [3.8, 4) is 0 Å². The van der Waals surface area contributed by atoms with Gasteiger partial charge in [0, 0.05) is 18.0 Å². The predicted octanol–water partition coefficient (Wildman–Crippen LogP) is 3.54. The Morgan fingerprint density at radius 2 is 2.04 bits per heavy atom. The summed E-state index contributed by atoms with van der Waals surface area (Å²) in [6.07, 6.45) is 1.72. The molecule has 2 aromatic rings. The standard InChI is InChI=1S/C17H20N2O2S2/c1-12(14-6-3-9-22-14)18-16(20)13-5-2-8-19(11-13)17(21)15-7-4-10-23-15/h3-4,6-7,9-10,12-13H,2,5,8,11H2,1H3,(H,18,20)/t12-,13-/m0/s1. The molecule has 3 heterocycles. The van der Waals surface area contributed by atoms with Crippen LogP contribution in [-0.4, -0.2) is 29.8 Å². The number of thiophene rings is 2. The van der Waals surface area contributed by atoms with Gasteiger partial charge in [0.1, 0.15) is 0 Å². The molecule has 1 aliphatic heterocycles. The quantitative estimate of drug-likeness (QED) is 0.919. The first kappa shape index (κ1) is 16.2. The first-order valence-electron chi connectivity index (χ1n) is 7.81. The second-order valence-corrected chi connectivity index (χ2v) is 7.74. The molecule has 23 heavy (non-hydrogen) atoms. The molecule has 3 rings (SSSR count). The lowest BCUT2D eigenvalue weighted by Crippen LogP contribution is -2.45. The molecule has 1 aliphatic rings. The Morgan fingerprint density at radius 3 is 2.74 bits per heavy atom. The Kier molecular flexibility index (Phi) is 5.13. The summed E-state index contributed by atoms with van der Waals surface area (Å²) in [6.45, 7) is 3.25. The van der Waals surface area contributed by atoms with Gasteiger partial charge in [0.15, 0.2) is 0 Å². The number of rotatable bonds is 4. The van der Waals surface area contributed by atoms with Crippen LogP contribution in [0.15, 0.2) is 35.0 Å². The lowest BCUT2D eigenvalue weighted by atomic mass is 9.96. The predicted molar refractivity (Wildman–Crippen MR) is 93.8 cm³/mol. The van der Waals surface area contributed by atoms with E-state index in [2.05, 4.69) is 5.32 Å². The molecule has 1 saturated heterocycles. The number of amides is 2. The van der Waals surface area contributed by atoms with Crippen molar-refractivity contribution in [1.29, 1.82) is 0 Å². The molecule has 1 fully saturated rings. The summed E-state index contributed by atoms with van der Waals surface area (Å²) in [5.74, 6) is -0.0199. The van der Waals surface area contributed by atoms with E-state index in [0.29, 0.717) is 6.54 Å². The summed E-state index contributed by atoms with van der Waals surface area (Å²) in [4.78, 5) is 28.7. The second-order valence-electron chi connectivity index (χ2n) is 5.81. The third kappa shape index (κ3) is 3.82. The molecule has 0 bridgehead atoms. The molecular formula is C17H20N2O2S2. The van der Waals surface area contributed by atoms with Gasteiger partial charge >= 0.3 is 0 Å². The van der Waals surface area contributed by atoms with E-state index in [1.54, 1.807) is 11.3 Å². The van der Waals surface area contributed by atoms with Gasteiger partial charge < -0.3 is 10.2 Å². The van der Waals surface area contributed by atoms with Crippen molar-refractivity contribution in [2.45, 2.75) is 25.8 Å². The van der Waals surface area contributed by atoms with Crippen LogP contribution in [0.25, 0.3) is 0 Å². The summed E-state index contributed by atoms with van der Waals surface area (Å²) in [5, 5.41) is 7.00. The molecule has 0 saturated carbocycles. The molecule has 0 aromatic carbocycles. The maximum absolute atomic E-state index is 12.5. The van der Waals surface area contributed by atoms with E-state index in [1.165, 1.54) is 11.3 Å². The monoisotopic (exact) mass is 348 g/mol. The summed E-state index contributed by atoms with van der Waals surface area (Å²) < 4.78 is 0. The topological polar surface area (TPSA) is 49.4 Å². The van der Waals surface area contributed by atoms with E-state index in [-0.39, 0.29) is 23.8 Å². The maximum atomic E-state index is 12.5. The molecule has 122 valence electrons. The smallest absolute Gasteiger partial charge is 0.263 e. The molecule has 0 aliphatic carbocycles. The summed E-state index contributed by atoms with van der Waals surface area (Å²) in [7, 11) is 0. The zero-order valence-corrected chi connectivity index (χ0v) is 14.7. The van der Waals surface area contributed by atoms with E-state index in [1.807, 2.05) is 46.8 Å². The first-order chi connectivity index (χ1) is 11.1. The number of nitrogens with zero attached hydrogens (tertiary/aromatic N) is 1. The van der Waals surface area contributed by atoms with E-state index in [9.17, 15) is 9.59 Å². The van der Waals surface area contributed by atoms with Gasteiger partial charge in [0.05, 0.1) is 16.8 Å². The average molecular weight is 348 g/mol. The Balaban J connectivity index is 1.59. The minimum atomic E-state index is -0.116. The van der Waals surface area contributed by atoms with E-state index in [0.717, 1.165) is 29.1 Å². The van der Waals surface area contributed by atoms with Crippen LogP contribution in [-0.2, 0) is 4.79 Å². The van der Waals surface area contributed by atoms with Crippen LogP contribution in [0.3, 0.4) is 0 Å². The van der Waals surface area contributed by atoms with Crippen LogP contribution in [0.1, 0.15) is 40.4 Å². The van der Waals surface area contributed by atoms with Crippen molar-refractivity contribution in [1.82, 2.24) is 10.2 Å². The van der Waals surface area contributed by atoms with Crippen molar-refractivity contribution in [3.63, 3.8) is 0 Å². The normalized spacial score (nSPS) is 19.3. The molecule has 0 radical (unpaired) electrons. The number of carbonyl (C=O) groups excluding carboxylic acids is 2. The Hall–Kier alpha value is -1.66. The van der Waals surface area contributed by atoms with Gasteiger partial charge in [0.2, 0.25) is 5.91 Å². The fourth-order valence-electron chi connectivity index (χ4n) is 2.87. The first-order valence-corrected chi connectivity index (χ1v) is 9.57. The summed E-state index contributed by atoms with van der Waals surface area (Å²) in [6, 6.07) is 7.77. The molecule has 2 aromatic heterocycles. The van der Waals surface area contributed by atoms with Crippen molar-refractivity contribution in [2.75, 3.05) is 13.1 Å². The van der Waals surface area contributed by atoms with Crippen molar-refractivity contribution in [2.24, 2.45) is 5.92 Å². The Morgan fingerprint density at radius 1 is 1.26 bits per heavy atom. The Labute approximate surface area is 144 Å². The zero-order chi connectivity index (χ0) is 16.2. The van der Waals surface area contributed by atoms with Crippen molar-refractivity contribution >= 4 is 34.5 Å². The second kappa shape index (κ2) is 7.27. The van der Waals surface area contributed by atoms with Crippen LogP contribution in [0, 0.1) is 5.92 Å². The number of likely N-dealkylation sites (tertiary alicyclic amines) is 1. The molecule has 0 spiro atoms. The summed E-state index contributed by atoms with van der Waals surface area (Å²) >= 11 is 3.10. The van der Waals surface area contributed by atoms with Gasteiger partial charge in [-0.3, -0.25) is 9.59 Å². The lowest BCUT2D eigenvalue weighted by Gasteiger charge is -2.32. The third-order valence-electron chi connectivity index (χ3n) is 4.14. The van der Waals surface area contributed by atoms with Gasteiger partial charge in [-0.05, 0) is 42.7 Å². The minimum absolute atomic E-state index is 0.0193. The third-order valence-corrected chi connectivity index (χ3v) is 6.05. The fourth-order valence-corrected chi connectivity index (χ4v) is 4.30. The van der Waals surface area contributed by atoms with Gasteiger partial charge in [-0.25, -0.2) is 0 Å². The van der Waals surface area contributed by atoms with E-state index in [4.69, 9.17) is 0 Å². The summed E-state index contributed by atoms with van der Waals surface area (Å²) in [5.41, 5.74) is 0. The van der Waals surface area contributed by atoms with E-state index >= 15 is 0 Å². The van der Waals surface area contributed by atoms with Crippen molar-refractivity contribution in [3.05, 3.63) is 44.8 Å². The van der Waals surface area contributed by atoms with E-state index < -0.39 is 0 Å². The molecule has 1 N–H and O–H groups in total. The minimum Gasteiger partial charge on any atom is -0.348 e. The van der Waals surface area contributed by atoms with Gasteiger partial charge in [0.25, 0.3) is 5.91 Å². The maximum Gasteiger partial charge on any atom is 0.263 e. The molecular weight excluding hydrogens is 328 g/mol. The van der Waals surface area contributed by atoms with Crippen molar-refractivity contribution < 1.29 is 9.59 Å². The number of nitrogens with one attached hydrogen (secondary N) is 1. The highest BCUT2D eigenvalue weighted by Crippen LogP contribution is 2.23.